The third-order valence-electron chi connectivity index (χ3n) is 12.9. The summed E-state index contributed by atoms with van der Waals surface area (Å²) >= 11 is 0. The number of aromatic nitrogens is 2. The molecule has 62 heavy (non-hydrogen) atoms. The summed E-state index contributed by atoms with van der Waals surface area (Å²) in [6, 6.07) is 54.8. The third-order valence-corrected chi connectivity index (χ3v) is 12.9. The van der Waals surface area contributed by atoms with Crippen molar-refractivity contribution in [2.24, 2.45) is 0 Å². The van der Waals surface area contributed by atoms with Crippen LogP contribution in [0, 0.1) is 0 Å². The minimum atomic E-state index is -0.0000990. The van der Waals surface area contributed by atoms with Crippen molar-refractivity contribution in [1.82, 2.24) is 9.55 Å². The molecule has 1 unspecified atom stereocenters. The molecule has 6 nitrogen and oxygen atoms in total. The molecule has 306 valence electrons. The highest BCUT2D eigenvalue weighted by Crippen LogP contribution is 2.54. The number of para-hydroxylation sites is 3. The van der Waals surface area contributed by atoms with Crippen LogP contribution in [0.1, 0.15) is 69.8 Å². The molecule has 0 amide bonds. The second-order valence-corrected chi connectivity index (χ2v) is 17.8. The van der Waals surface area contributed by atoms with Gasteiger partial charge in [-0.15, -0.1) is 0 Å². The van der Waals surface area contributed by atoms with Crippen molar-refractivity contribution in [3.05, 3.63) is 181 Å². The van der Waals surface area contributed by atoms with Crippen molar-refractivity contribution < 1.29 is 4.74 Å². The number of hydrogen-bond donors (Lipinski definition) is 0. The fraction of sp³-hybridized carbons (Fsp3) is 0.196. The summed E-state index contributed by atoms with van der Waals surface area (Å²) in [5.41, 5.74) is 15.7. The molecule has 2 aliphatic heterocycles. The zero-order valence-corrected chi connectivity index (χ0v) is 35.9. The smallest absolute Gasteiger partial charge is 0.137 e. The molecule has 0 bridgehead atoms. The summed E-state index contributed by atoms with van der Waals surface area (Å²) in [5, 5.41) is 1.33. The van der Waals surface area contributed by atoms with Gasteiger partial charge < -0.3 is 19.4 Å². The van der Waals surface area contributed by atoms with Crippen LogP contribution < -0.4 is 19.4 Å². The summed E-state index contributed by atoms with van der Waals surface area (Å²) in [6.07, 6.45) is 9.91. The Labute approximate surface area is 365 Å². The molecule has 0 spiro atoms. The number of hydrogen-bond acceptors (Lipinski definition) is 5. The van der Waals surface area contributed by atoms with Gasteiger partial charge >= 0.3 is 0 Å². The molecule has 3 aliphatic rings. The Balaban J connectivity index is 0.999. The molecule has 0 saturated carbocycles. The van der Waals surface area contributed by atoms with E-state index in [4.69, 9.17) is 9.72 Å². The van der Waals surface area contributed by atoms with E-state index in [2.05, 4.69) is 211 Å². The van der Waals surface area contributed by atoms with Gasteiger partial charge in [-0.25, -0.2) is 4.98 Å². The molecule has 1 atom stereocenters. The normalized spacial score (nSPS) is 15.2. The summed E-state index contributed by atoms with van der Waals surface area (Å²) in [7, 11) is 0. The van der Waals surface area contributed by atoms with Crippen molar-refractivity contribution in [3.63, 3.8) is 0 Å². The Morgan fingerprint density at radius 3 is 2.08 bits per heavy atom. The Kier molecular flexibility index (Phi) is 9.26. The number of ether oxygens (including phenoxy) is 1. The van der Waals surface area contributed by atoms with E-state index >= 15 is 0 Å². The largest absolute Gasteiger partial charge is 0.457 e. The monoisotopic (exact) mass is 809 g/mol. The second kappa shape index (κ2) is 15.1. The van der Waals surface area contributed by atoms with Crippen LogP contribution in [0.4, 0.5) is 28.4 Å². The molecule has 0 saturated heterocycles. The predicted molar refractivity (Wildman–Crippen MR) is 258 cm³/mol. The van der Waals surface area contributed by atoms with Gasteiger partial charge in [-0.1, -0.05) is 137 Å². The summed E-state index contributed by atoms with van der Waals surface area (Å²) in [5.74, 6) is 2.57. The fourth-order valence-corrected chi connectivity index (χ4v) is 9.95. The summed E-state index contributed by atoms with van der Waals surface area (Å²) in [6.45, 7) is 10.7. The van der Waals surface area contributed by atoms with Gasteiger partial charge in [0.2, 0.25) is 0 Å². The number of nitrogens with zero attached hydrogens (tertiary/aromatic N) is 5. The lowest BCUT2D eigenvalue weighted by atomic mass is 9.88. The third kappa shape index (κ3) is 6.36. The first-order valence-electron chi connectivity index (χ1n) is 22.1. The number of fused-ring (bicyclic) bond motifs is 1. The van der Waals surface area contributed by atoms with Crippen LogP contribution >= 0.6 is 0 Å². The van der Waals surface area contributed by atoms with Gasteiger partial charge in [0.25, 0.3) is 0 Å². The van der Waals surface area contributed by atoms with Gasteiger partial charge in [-0.05, 0) is 77.4 Å². The maximum absolute atomic E-state index is 7.00. The molecular weight excluding hydrogens is 759 g/mol. The van der Waals surface area contributed by atoms with Crippen LogP contribution in [0.5, 0.6) is 11.5 Å². The van der Waals surface area contributed by atoms with Gasteiger partial charge in [0, 0.05) is 58.7 Å². The van der Waals surface area contributed by atoms with E-state index in [1.54, 1.807) is 0 Å². The van der Waals surface area contributed by atoms with E-state index in [1.165, 1.54) is 61.5 Å². The second-order valence-electron chi connectivity index (χ2n) is 17.8. The average molecular weight is 810 g/mol. The topological polar surface area (TPSA) is 36.8 Å². The highest BCUT2D eigenvalue weighted by atomic mass is 16.5. The van der Waals surface area contributed by atoms with Gasteiger partial charge in [-0.2, -0.15) is 0 Å². The van der Waals surface area contributed by atoms with Gasteiger partial charge in [0.15, 0.2) is 0 Å². The highest BCUT2D eigenvalue weighted by Gasteiger charge is 2.39. The molecular formula is C56H51N5O. The highest BCUT2D eigenvalue weighted by molar-refractivity contribution is 6.05. The average Bonchev–Trinajstić information content (AvgIpc) is 3.96. The maximum Gasteiger partial charge on any atom is 0.137 e. The minimum Gasteiger partial charge on any atom is -0.457 e. The Morgan fingerprint density at radius 1 is 0.677 bits per heavy atom. The standard InChI is InChI=1S/C56H51N5O/c1-5-6-32-58-48-28-17-29-49-53(48)54-50(58)35-43(36-51(54)61(49)52-33-40(30-31-57-52)56(2,3)4)62-42-23-15-22-41(34-42)59-37-60(47-27-14-13-26-46(47)59)55-44(38-18-9-7-10-19-38)24-16-25-45(55)39-20-11-8-12-21-39/h7-27,29-31,33-36,48H,5-6,28,32,37H2,1-4H3. The van der Waals surface area contributed by atoms with E-state index in [0.29, 0.717) is 12.7 Å². The first-order valence-corrected chi connectivity index (χ1v) is 22.1. The predicted octanol–water partition coefficient (Wildman–Crippen LogP) is 14.8. The van der Waals surface area contributed by atoms with Crippen LogP contribution in [-0.4, -0.2) is 22.8 Å². The van der Waals surface area contributed by atoms with Crippen molar-refractivity contribution in [2.75, 3.05) is 27.9 Å². The van der Waals surface area contributed by atoms with Crippen LogP contribution in [0.3, 0.4) is 0 Å². The Morgan fingerprint density at radius 2 is 1.37 bits per heavy atom. The summed E-state index contributed by atoms with van der Waals surface area (Å²) < 4.78 is 9.38. The molecule has 6 aromatic carbocycles. The van der Waals surface area contributed by atoms with E-state index < -0.39 is 0 Å². The molecule has 6 heteroatoms. The first-order chi connectivity index (χ1) is 30.4. The van der Waals surface area contributed by atoms with Crippen molar-refractivity contribution in [1.29, 1.82) is 0 Å². The molecule has 0 fully saturated rings. The molecule has 8 aromatic rings. The number of unbranched alkanes of at least 4 members (excludes halogenated alkanes) is 1. The van der Waals surface area contributed by atoms with Crippen molar-refractivity contribution in [2.45, 2.75) is 58.4 Å². The number of benzene rings is 6. The van der Waals surface area contributed by atoms with Crippen LogP contribution in [0.2, 0.25) is 0 Å². The van der Waals surface area contributed by atoms with Crippen molar-refractivity contribution in [3.8, 4) is 39.6 Å². The van der Waals surface area contributed by atoms with Crippen molar-refractivity contribution >= 4 is 45.4 Å². The zero-order valence-electron chi connectivity index (χ0n) is 35.9. The van der Waals surface area contributed by atoms with E-state index in [0.717, 1.165) is 60.0 Å². The Hall–Kier alpha value is -7.05. The van der Waals surface area contributed by atoms with Crippen LogP contribution in [-0.2, 0) is 5.41 Å². The molecule has 4 heterocycles. The van der Waals surface area contributed by atoms with Gasteiger partial charge in [-0.3, -0.25) is 4.57 Å². The zero-order chi connectivity index (χ0) is 42.0. The fourth-order valence-electron chi connectivity index (χ4n) is 9.95. The van der Waals surface area contributed by atoms with E-state index in [1.807, 2.05) is 6.20 Å². The van der Waals surface area contributed by atoms with Gasteiger partial charge in [0.1, 0.15) is 24.0 Å². The lowest BCUT2D eigenvalue weighted by Crippen LogP contribution is -2.27. The lowest BCUT2D eigenvalue weighted by Gasteiger charge is -2.31. The quantitative estimate of drug-likeness (QED) is 0.138. The SMILES string of the molecule is CCCCN1c2cc(Oc3cccc(N4CN(c5c(-c6ccccc6)cccc5-c5ccccc5)c5ccccc54)c3)cc3c2c2c(n3-c3cc(C(C)(C)C)ccn3)C=CCC21. The maximum atomic E-state index is 7.00. The number of anilines is 5. The molecule has 0 radical (unpaired) electrons. The lowest BCUT2D eigenvalue weighted by molar-refractivity contribution is 0.483. The van der Waals surface area contributed by atoms with Crippen LogP contribution in [0.15, 0.2) is 164 Å². The van der Waals surface area contributed by atoms with Gasteiger partial charge in [0.05, 0.1) is 40.0 Å². The van der Waals surface area contributed by atoms with Crippen LogP contribution in [0.25, 0.3) is 45.1 Å². The molecule has 11 rings (SSSR count). The molecule has 0 N–H and O–H groups in total. The Bertz CT molecular complexity index is 2940. The van der Waals surface area contributed by atoms with E-state index in [-0.39, 0.29) is 5.41 Å². The number of pyridine rings is 1. The van der Waals surface area contributed by atoms with E-state index in [9.17, 15) is 0 Å². The first kappa shape index (κ1) is 37.9. The molecule has 1 aliphatic carbocycles. The minimum absolute atomic E-state index is 0.0000990. The number of rotatable bonds is 10. The summed E-state index contributed by atoms with van der Waals surface area (Å²) in [4.78, 5) is 12.5. The molecule has 2 aromatic heterocycles.